The summed E-state index contributed by atoms with van der Waals surface area (Å²) in [6.45, 7) is 2.66. The Labute approximate surface area is 106 Å². The van der Waals surface area contributed by atoms with E-state index in [0.717, 1.165) is 6.26 Å². The van der Waals surface area contributed by atoms with Gasteiger partial charge in [0.15, 0.2) is 0 Å². The normalized spacial score (nSPS) is 11.5. The van der Waals surface area contributed by atoms with Crippen LogP contribution in [0.2, 0.25) is 5.15 Å². The van der Waals surface area contributed by atoms with Crippen LogP contribution >= 0.6 is 11.6 Å². The summed E-state index contributed by atoms with van der Waals surface area (Å²) >= 11 is 5.81. The smallest absolute Gasteiger partial charge is 0.208 e. The SMILES string of the molecule is CCc1nc(Cl)cc(NCCNS(C)(=O)=O)n1. The van der Waals surface area contributed by atoms with Gasteiger partial charge in [0.05, 0.1) is 6.26 Å². The van der Waals surface area contributed by atoms with Crippen LogP contribution in [0, 0.1) is 0 Å². The fraction of sp³-hybridized carbons (Fsp3) is 0.556. The first-order valence-corrected chi connectivity index (χ1v) is 7.39. The molecule has 1 aromatic heterocycles. The molecule has 0 saturated heterocycles. The summed E-state index contributed by atoms with van der Waals surface area (Å²) in [4.78, 5) is 8.22. The lowest BCUT2D eigenvalue weighted by molar-refractivity contribution is 0.589. The van der Waals surface area contributed by atoms with E-state index in [4.69, 9.17) is 11.6 Å². The molecule has 17 heavy (non-hydrogen) atoms. The highest BCUT2D eigenvalue weighted by molar-refractivity contribution is 7.88. The first-order chi connectivity index (χ1) is 7.90. The van der Waals surface area contributed by atoms with Crippen LogP contribution in [-0.4, -0.2) is 37.7 Å². The van der Waals surface area contributed by atoms with Crippen LogP contribution in [0.3, 0.4) is 0 Å². The van der Waals surface area contributed by atoms with Crippen LogP contribution in [0.5, 0.6) is 0 Å². The molecule has 0 spiro atoms. The van der Waals surface area contributed by atoms with Crippen molar-refractivity contribution in [2.24, 2.45) is 0 Å². The molecule has 6 nitrogen and oxygen atoms in total. The molecule has 0 unspecified atom stereocenters. The monoisotopic (exact) mass is 278 g/mol. The van der Waals surface area contributed by atoms with Gasteiger partial charge in [-0.1, -0.05) is 18.5 Å². The maximum Gasteiger partial charge on any atom is 0.208 e. The molecule has 0 aliphatic heterocycles. The largest absolute Gasteiger partial charge is 0.369 e. The van der Waals surface area contributed by atoms with Crippen molar-refractivity contribution < 1.29 is 8.42 Å². The third-order valence-electron chi connectivity index (χ3n) is 1.85. The van der Waals surface area contributed by atoms with Gasteiger partial charge < -0.3 is 5.32 Å². The van der Waals surface area contributed by atoms with Gasteiger partial charge in [0.2, 0.25) is 10.0 Å². The molecule has 1 rings (SSSR count). The summed E-state index contributed by atoms with van der Waals surface area (Å²) in [5.74, 6) is 1.24. The Bertz CT molecular complexity index is 478. The van der Waals surface area contributed by atoms with E-state index in [1.165, 1.54) is 0 Å². The second-order valence-electron chi connectivity index (χ2n) is 3.44. The maximum absolute atomic E-state index is 10.8. The average molecular weight is 279 g/mol. The first-order valence-electron chi connectivity index (χ1n) is 5.12. The van der Waals surface area contributed by atoms with Crippen LogP contribution < -0.4 is 10.0 Å². The second-order valence-corrected chi connectivity index (χ2v) is 5.66. The first kappa shape index (κ1) is 14.1. The minimum absolute atomic E-state index is 0.294. The van der Waals surface area contributed by atoms with Gasteiger partial charge in [-0.05, 0) is 0 Å². The predicted octanol–water partition coefficient (Wildman–Crippen LogP) is 0.653. The van der Waals surface area contributed by atoms with Gasteiger partial charge in [0.25, 0.3) is 0 Å². The van der Waals surface area contributed by atoms with E-state index in [-0.39, 0.29) is 0 Å². The number of nitrogens with one attached hydrogen (secondary N) is 2. The summed E-state index contributed by atoms with van der Waals surface area (Å²) in [6, 6.07) is 1.60. The van der Waals surface area contributed by atoms with Crippen LogP contribution in [0.4, 0.5) is 5.82 Å². The molecule has 0 amide bonds. The van der Waals surface area contributed by atoms with Crippen LogP contribution in [0.25, 0.3) is 0 Å². The molecular weight excluding hydrogens is 264 g/mol. The minimum Gasteiger partial charge on any atom is -0.369 e. The summed E-state index contributed by atoms with van der Waals surface area (Å²) in [5.41, 5.74) is 0. The number of rotatable bonds is 6. The highest BCUT2D eigenvalue weighted by atomic mass is 35.5. The van der Waals surface area contributed by atoms with Gasteiger partial charge in [-0.15, -0.1) is 0 Å². The topological polar surface area (TPSA) is 84.0 Å². The number of halogens is 1. The standard InChI is InChI=1S/C9H15ClN4O2S/c1-3-8-13-7(10)6-9(14-8)11-4-5-12-17(2,15)16/h6,12H,3-5H2,1-2H3,(H,11,13,14). The van der Waals surface area contributed by atoms with Crippen LogP contribution in [0.15, 0.2) is 6.07 Å². The lowest BCUT2D eigenvalue weighted by atomic mass is 10.4. The third kappa shape index (κ3) is 5.81. The molecule has 1 heterocycles. The van der Waals surface area contributed by atoms with Crippen molar-refractivity contribution in [3.05, 3.63) is 17.0 Å². The summed E-state index contributed by atoms with van der Waals surface area (Å²) < 4.78 is 24.0. The number of aryl methyl sites for hydroxylation is 1. The third-order valence-corrected chi connectivity index (χ3v) is 2.77. The van der Waals surface area contributed by atoms with Gasteiger partial charge in [0, 0.05) is 25.6 Å². The number of aromatic nitrogens is 2. The zero-order chi connectivity index (χ0) is 12.9. The fourth-order valence-corrected chi connectivity index (χ4v) is 1.81. The van der Waals surface area contributed by atoms with E-state index in [1.54, 1.807) is 6.07 Å². The van der Waals surface area contributed by atoms with Crippen molar-refractivity contribution in [1.82, 2.24) is 14.7 Å². The highest BCUT2D eigenvalue weighted by Gasteiger charge is 2.02. The van der Waals surface area contributed by atoms with Crippen molar-refractivity contribution in [2.45, 2.75) is 13.3 Å². The van der Waals surface area contributed by atoms with Crippen LogP contribution in [0.1, 0.15) is 12.7 Å². The molecule has 96 valence electrons. The predicted molar refractivity (Wildman–Crippen MR) is 67.8 cm³/mol. The Balaban J connectivity index is 2.49. The highest BCUT2D eigenvalue weighted by Crippen LogP contribution is 2.11. The molecule has 0 saturated carbocycles. The molecule has 0 radical (unpaired) electrons. The Morgan fingerprint density at radius 3 is 2.65 bits per heavy atom. The molecule has 2 N–H and O–H groups in total. The van der Waals surface area contributed by atoms with Crippen molar-refractivity contribution in [3.8, 4) is 0 Å². The van der Waals surface area contributed by atoms with Gasteiger partial charge in [-0.2, -0.15) is 0 Å². The van der Waals surface area contributed by atoms with Crippen LogP contribution in [-0.2, 0) is 16.4 Å². The molecular formula is C9H15ClN4O2S. The van der Waals surface area contributed by atoms with Crippen molar-refractivity contribution in [3.63, 3.8) is 0 Å². The second kappa shape index (κ2) is 6.13. The molecule has 1 aromatic rings. The van der Waals surface area contributed by atoms with Gasteiger partial charge in [-0.25, -0.2) is 23.1 Å². The van der Waals surface area contributed by atoms with E-state index in [2.05, 4.69) is 20.0 Å². The number of anilines is 1. The van der Waals surface area contributed by atoms with E-state index in [0.29, 0.717) is 36.3 Å². The quantitative estimate of drug-likeness (QED) is 0.590. The van der Waals surface area contributed by atoms with Crippen molar-refractivity contribution in [1.29, 1.82) is 0 Å². The number of hydrogen-bond acceptors (Lipinski definition) is 5. The Morgan fingerprint density at radius 1 is 1.35 bits per heavy atom. The number of hydrogen-bond donors (Lipinski definition) is 2. The molecule has 0 bridgehead atoms. The maximum atomic E-state index is 10.8. The molecule has 0 atom stereocenters. The van der Waals surface area contributed by atoms with Crippen molar-refractivity contribution >= 4 is 27.4 Å². The van der Waals surface area contributed by atoms with Gasteiger partial charge in [-0.3, -0.25) is 0 Å². The lowest BCUT2D eigenvalue weighted by Gasteiger charge is -2.07. The fourth-order valence-electron chi connectivity index (χ4n) is 1.14. The molecule has 0 aromatic carbocycles. The molecule has 0 aliphatic rings. The molecule has 8 heteroatoms. The Kier molecular flexibility index (Phi) is 5.10. The minimum atomic E-state index is -3.15. The van der Waals surface area contributed by atoms with E-state index in [9.17, 15) is 8.42 Å². The van der Waals surface area contributed by atoms with Crippen molar-refractivity contribution in [2.75, 3.05) is 24.7 Å². The lowest BCUT2D eigenvalue weighted by Crippen LogP contribution is -2.27. The summed E-state index contributed by atoms with van der Waals surface area (Å²) in [7, 11) is -3.15. The van der Waals surface area contributed by atoms with Gasteiger partial charge in [0.1, 0.15) is 16.8 Å². The van der Waals surface area contributed by atoms with E-state index < -0.39 is 10.0 Å². The van der Waals surface area contributed by atoms with Gasteiger partial charge >= 0.3 is 0 Å². The average Bonchev–Trinajstić information content (AvgIpc) is 2.22. The zero-order valence-electron chi connectivity index (χ0n) is 9.70. The summed E-state index contributed by atoms with van der Waals surface area (Å²) in [6.07, 6.45) is 1.81. The summed E-state index contributed by atoms with van der Waals surface area (Å²) in [5, 5.41) is 3.34. The Hall–Kier alpha value is -0.920. The Morgan fingerprint density at radius 2 is 2.06 bits per heavy atom. The molecule has 0 fully saturated rings. The van der Waals surface area contributed by atoms with E-state index >= 15 is 0 Å². The molecule has 0 aliphatic carbocycles. The number of sulfonamides is 1. The zero-order valence-corrected chi connectivity index (χ0v) is 11.3. The number of nitrogens with zero attached hydrogens (tertiary/aromatic N) is 2. The van der Waals surface area contributed by atoms with E-state index in [1.807, 2.05) is 6.92 Å².